The minimum Gasteiger partial charge on any atom is -0.465 e. The summed E-state index contributed by atoms with van der Waals surface area (Å²) in [4.78, 5) is 46.6. The number of esters is 2. The van der Waals surface area contributed by atoms with E-state index in [4.69, 9.17) is 9.47 Å². The van der Waals surface area contributed by atoms with Crippen LogP contribution in [-0.4, -0.2) is 37.7 Å². The Morgan fingerprint density at radius 1 is 0.976 bits per heavy atom. The number of nitrogens with zero attached hydrogens (tertiary/aromatic N) is 3. The third-order valence-electron chi connectivity index (χ3n) is 6.81. The van der Waals surface area contributed by atoms with Crippen LogP contribution in [0.5, 0.6) is 0 Å². The Kier molecular flexibility index (Phi) is 7.98. The van der Waals surface area contributed by atoms with Gasteiger partial charge in [-0.1, -0.05) is 65.9 Å². The van der Waals surface area contributed by atoms with Crippen LogP contribution in [0.25, 0.3) is 6.08 Å². The first-order chi connectivity index (χ1) is 19.8. The van der Waals surface area contributed by atoms with E-state index in [2.05, 4.69) is 4.99 Å². The number of carbonyl (C=O) groups is 2. The van der Waals surface area contributed by atoms with Crippen molar-refractivity contribution in [2.45, 2.75) is 19.6 Å². The molecule has 0 saturated carbocycles. The molecule has 8 nitrogen and oxygen atoms in total. The van der Waals surface area contributed by atoms with Crippen molar-refractivity contribution in [2.24, 2.45) is 4.99 Å². The first kappa shape index (κ1) is 27.8. The molecular weight excluding hydrogens is 538 g/mol. The van der Waals surface area contributed by atoms with Crippen molar-refractivity contribution in [1.82, 2.24) is 4.57 Å². The fourth-order valence-electron chi connectivity index (χ4n) is 4.64. The quantitative estimate of drug-likeness (QED) is 0.316. The second-order valence-corrected chi connectivity index (χ2v) is 10.8. The molecule has 0 aliphatic carbocycles. The molecule has 5 rings (SSSR count). The molecule has 0 radical (unpaired) electrons. The predicted molar refractivity (Wildman–Crippen MR) is 159 cm³/mol. The molecule has 0 N–H and O–H groups in total. The zero-order chi connectivity index (χ0) is 29.1. The number of thiazole rings is 1. The first-order valence-corrected chi connectivity index (χ1v) is 13.8. The molecule has 208 valence electrons. The van der Waals surface area contributed by atoms with Gasteiger partial charge in [0.15, 0.2) is 4.80 Å². The van der Waals surface area contributed by atoms with Gasteiger partial charge >= 0.3 is 11.9 Å². The van der Waals surface area contributed by atoms with Gasteiger partial charge in [-0.05, 0) is 54.0 Å². The Morgan fingerprint density at radius 2 is 1.66 bits per heavy atom. The number of hydrogen-bond donors (Lipinski definition) is 0. The lowest BCUT2D eigenvalue weighted by atomic mass is 9.95. The van der Waals surface area contributed by atoms with E-state index < -0.39 is 18.0 Å². The van der Waals surface area contributed by atoms with E-state index in [1.807, 2.05) is 79.7 Å². The molecule has 3 aromatic carbocycles. The molecule has 1 aliphatic heterocycles. The topological polar surface area (TPSA) is 90.2 Å². The largest absolute Gasteiger partial charge is 0.465 e. The third-order valence-corrected chi connectivity index (χ3v) is 7.79. The van der Waals surface area contributed by atoms with Crippen molar-refractivity contribution >= 4 is 35.0 Å². The summed E-state index contributed by atoms with van der Waals surface area (Å²) in [6, 6.07) is 23.1. The minimum atomic E-state index is -0.792. The molecule has 1 unspecified atom stereocenters. The number of methoxy groups -OCH3 is 1. The molecule has 0 spiro atoms. The maximum atomic E-state index is 13.9. The molecule has 1 atom stereocenters. The summed E-state index contributed by atoms with van der Waals surface area (Å²) in [5.41, 5.74) is 4.23. The second-order valence-electron chi connectivity index (χ2n) is 9.74. The molecule has 0 amide bonds. The Balaban J connectivity index is 1.60. The molecule has 41 heavy (non-hydrogen) atoms. The van der Waals surface area contributed by atoms with Crippen LogP contribution in [0.15, 0.2) is 99.9 Å². The number of anilines is 1. The van der Waals surface area contributed by atoms with Gasteiger partial charge in [0.2, 0.25) is 0 Å². The molecule has 1 aliphatic rings. The maximum absolute atomic E-state index is 13.9. The van der Waals surface area contributed by atoms with Crippen molar-refractivity contribution in [3.05, 3.63) is 132 Å². The lowest BCUT2D eigenvalue weighted by Crippen LogP contribution is -2.39. The Labute approximate surface area is 241 Å². The summed E-state index contributed by atoms with van der Waals surface area (Å²) in [6.07, 6.45) is 1.83. The van der Waals surface area contributed by atoms with Crippen LogP contribution in [0.4, 0.5) is 5.69 Å². The highest BCUT2D eigenvalue weighted by Crippen LogP contribution is 2.31. The molecule has 0 bridgehead atoms. The SMILES string of the molecule is COC(=O)c1ccc(C2C(C(=O)OCc3ccccc3)=C(C)N=c3sc(=Cc4ccc(N(C)C)cc4)c(=O)n32)cc1. The minimum absolute atomic E-state index is 0.0812. The van der Waals surface area contributed by atoms with E-state index >= 15 is 0 Å². The number of hydrogen-bond acceptors (Lipinski definition) is 8. The Bertz CT molecular complexity index is 1800. The van der Waals surface area contributed by atoms with Crippen LogP contribution in [0.3, 0.4) is 0 Å². The van der Waals surface area contributed by atoms with Gasteiger partial charge in [0.1, 0.15) is 6.61 Å². The standard InChI is InChI=1S/C32H29N3O5S/c1-20-27(31(38)40-19-22-8-6-5-7-9-22)28(23-12-14-24(15-13-23)30(37)39-4)35-29(36)26(41-32(35)33-20)18-21-10-16-25(17-11-21)34(2)3/h5-18,28H,19H2,1-4H3. The average Bonchev–Trinajstić information content (AvgIpc) is 3.29. The normalized spacial score (nSPS) is 14.7. The number of carbonyl (C=O) groups excluding carboxylic acids is 2. The van der Waals surface area contributed by atoms with Crippen LogP contribution < -0.4 is 19.8 Å². The molecule has 0 fully saturated rings. The first-order valence-electron chi connectivity index (χ1n) is 13.0. The summed E-state index contributed by atoms with van der Waals surface area (Å²) in [5.74, 6) is -1.04. The van der Waals surface area contributed by atoms with Crippen molar-refractivity contribution in [1.29, 1.82) is 0 Å². The van der Waals surface area contributed by atoms with Gasteiger partial charge in [-0.25, -0.2) is 14.6 Å². The number of aromatic nitrogens is 1. The maximum Gasteiger partial charge on any atom is 0.338 e. The van der Waals surface area contributed by atoms with Gasteiger partial charge in [-0.2, -0.15) is 0 Å². The number of allylic oxidation sites excluding steroid dienone is 1. The second kappa shape index (κ2) is 11.8. The fourth-order valence-corrected chi connectivity index (χ4v) is 5.68. The smallest absolute Gasteiger partial charge is 0.338 e. The van der Waals surface area contributed by atoms with Crippen LogP contribution in [0, 0.1) is 0 Å². The third kappa shape index (κ3) is 5.76. The molecule has 2 heterocycles. The van der Waals surface area contributed by atoms with E-state index in [-0.39, 0.29) is 17.7 Å². The number of fused-ring (bicyclic) bond motifs is 1. The van der Waals surface area contributed by atoms with Gasteiger partial charge in [0, 0.05) is 19.8 Å². The highest BCUT2D eigenvalue weighted by atomic mass is 32.1. The summed E-state index contributed by atoms with van der Waals surface area (Å²) < 4.78 is 12.6. The Hall–Kier alpha value is -4.76. The van der Waals surface area contributed by atoms with Crippen molar-refractivity contribution in [3.63, 3.8) is 0 Å². The van der Waals surface area contributed by atoms with Crippen molar-refractivity contribution in [2.75, 3.05) is 26.1 Å². The number of rotatable bonds is 7. The van der Waals surface area contributed by atoms with E-state index in [0.29, 0.717) is 26.2 Å². The van der Waals surface area contributed by atoms with Crippen LogP contribution in [-0.2, 0) is 20.9 Å². The lowest BCUT2D eigenvalue weighted by molar-refractivity contribution is -0.140. The fraction of sp³-hybridized carbons (Fsp3) is 0.188. The van der Waals surface area contributed by atoms with Gasteiger partial charge in [-0.15, -0.1) is 0 Å². The average molecular weight is 568 g/mol. The molecule has 1 aromatic heterocycles. The Morgan fingerprint density at radius 3 is 2.29 bits per heavy atom. The highest BCUT2D eigenvalue weighted by molar-refractivity contribution is 7.07. The van der Waals surface area contributed by atoms with Crippen molar-refractivity contribution < 1.29 is 19.1 Å². The van der Waals surface area contributed by atoms with Gasteiger partial charge in [0.25, 0.3) is 5.56 Å². The summed E-state index contributed by atoms with van der Waals surface area (Å²) in [5, 5.41) is 0. The van der Waals surface area contributed by atoms with E-state index in [0.717, 1.165) is 16.8 Å². The zero-order valence-electron chi connectivity index (χ0n) is 23.2. The zero-order valence-corrected chi connectivity index (χ0v) is 24.0. The van der Waals surface area contributed by atoms with Gasteiger partial charge < -0.3 is 14.4 Å². The van der Waals surface area contributed by atoms with Crippen LogP contribution in [0.2, 0.25) is 0 Å². The van der Waals surface area contributed by atoms with Gasteiger partial charge in [-0.3, -0.25) is 9.36 Å². The van der Waals surface area contributed by atoms with Crippen LogP contribution >= 0.6 is 11.3 Å². The van der Waals surface area contributed by atoms with Gasteiger partial charge in [0.05, 0.1) is 34.5 Å². The summed E-state index contributed by atoms with van der Waals surface area (Å²) >= 11 is 1.26. The van der Waals surface area contributed by atoms with E-state index in [9.17, 15) is 14.4 Å². The van der Waals surface area contributed by atoms with E-state index in [1.165, 1.54) is 23.0 Å². The molecule has 0 saturated heterocycles. The highest BCUT2D eigenvalue weighted by Gasteiger charge is 2.33. The number of ether oxygens (including phenoxy) is 2. The summed E-state index contributed by atoms with van der Waals surface area (Å²) in [6.45, 7) is 1.82. The molecular formula is C32H29N3O5S. The predicted octanol–water partition coefficient (Wildman–Crippen LogP) is 3.83. The van der Waals surface area contributed by atoms with Crippen LogP contribution in [0.1, 0.15) is 40.0 Å². The molecule has 4 aromatic rings. The lowest BCUT2D eigenvalue weighted by Gasteiger charge is -2.25. The number of benzene rings is 3. The summed E-state index contributed by atoms with van der Waals surface area (Å²) in [7, 11) is 5.25. The van der Waals surface area contributed by atoms with Crippen molar-refractivity contribution in [3.8, 4) is 0 Å². The molecule has 9 heteroatoms. The van der Waals surface area contributed by atoms with E-state index in [1.54, 1.807) is 31.2 Å². The monoisotopic (exact) mass is 567 g/mol.